The summed E-state index contributed by atoms with van der Waals surface area (Å²) in [6.07, 6.45) is 3.13. The minimum Gasteiger partial charge on any atom is -0.423 e. The van der Waals surface area contributed by atoms with Crippen molar-refractivity contribution in [1.82, 2.24) is 15.5 Å². The normalized spacial score (nSPS) is 18.2. The van der Waals surface area contributed by atoms with Crippen molar-refractivity contribution in [3.05, 3.63) is 47.7 Å². The van der Waals surface area contributed by atoms with Crippen molar-refractivity contribution in [2.45, 2.75) is 37.6 Å². The van der Waals surface area contributed by atoms with Gasteiger partial charge in [0.05, 0.1) is 11.5 Å². The zero-order valence-electron chi connectivity index (χ0n) is 11.4. The number of hydrogen-bond acceptors (Lipinski definition) is 4. The van der Waals surface area contributed by atoms with Gasteiger partial charge >= 0.3 is 0 Å². The van der Waals surface area contributed by atoms with E-state index < -0.39 is 0 Å². The second-order valence-corrected chi connectivity index (χ2v) is 5.14. The summed E-state index contributed by atoms with van der Waals surface area (Å²) in [6, 6.07) is 10.6. The summed E-state index contributed by atoms with van der Waals surface area (Å²) in [4.78, 5) is 0. The first-order valence-electron chi connectivity index (χ1n) is 6.87. The molecule has 1 N–H and O–H groups in total. The van der Waals surface area contributed by atoms with Gasteiger partial charge in [0.2, 0.25) is 11.8 Å². The molecular formula is C15H19N3O. The van der Waals surface area contributed by atoms with Gasteiger partial charge in [-0.05, 0) is 31.9 Å². The van der Waals surface area contributed by atoms with Crippen molar-refractivity contribution in [2.24, 2.45) is 0 Å². The lowest BCUT2D eigenvalue weighted by Gasteiger charge is -2.11. The molecule has 1 unspecified atom stereocenters. The van der Waals surface area contributed by atoms with Gasteiger partial charge in [0, 0.05) is 0 Å². The Morgan fingerprint density at radius 1 is 1.26 bits per heavy atom. The molecular weight excluding hydrogens is 238 g/mol. The van der Waals surface area contributed by atoms with Crippen LogP contribution in [0.1, 0.15) is 49.6 Å². The standard InChI is InChI=1S/C15H19N3O/c1-3-12(16-2)13-17-18-14(19-13)15(9-10-15)11-7-5-4-6-8-11/h4-8,12,16H,3,9-10H2,1-2H3. The Kier molecular flexibility index (Phi) is 3.11. The van der Waals surface area contributed by atoms with Crippen LogP contribution in [0.4, 0.5) is 0 Å². The molecule has 1 aliphatic carbocycles. The molecule has 1 atom stereocenters. The van der Waals surface area contributed by atoms with E-state index in [0.717, 1.165) is 25.2 Å². The summed E-state index contributed by atoms with van der Waals surface area (Å²) < 4.78 is 5.92. The van der Waals surface area contributed by atoms with Crippen molar-refractivity contribution < 1.29 is 4.42 Å². The molecule has 19 heavy (non-hydrogen) atoms. The second kappa shape index (κ2) is 4.78. The van der Waals surface area contributed by atoms with Gasteiger partial charge in [-0.15, -0.1) is 10.2 Å². The molecule has 0 bridgehead atoms. The Balaban J connectivity index is 1.91. The Morgan fingerprint density at radius 2 is 2.00 bits per heavy atom. The first kappa shape index (κ1) is 12.4. The van der Waals surface area contributed by atoms with Gasteiger partial charge < -0.3 is 9.73 Å². The number of nitrogens with one attached hydrogen (secondary N) is 1. The highest BCUT2D eigenvalue weighted by Crippen LogP contribution is 2.52. The fourth-order valence-electron chi connectivity index (χ4n) is 2.58. The van der Waals surface area contributed by atoms with Gasteiger partial charge in [-0.2, -0.15) is 0 Å². The highest BCUT2D eigenvalue weighted by molar-refractivity contribution is 5.37. The van der Waals surface area contributed by atoms with Crippen molar-refractivity contribution in [2.75, 3.05) is 7.05 Å². The Labute approximate surface area is 113 Å². The number of nitrogens with zero attached hydrogens (tertiary/aromatic N) is 2. The van der Waals surface area contributed by atoms with Crippen LogP contribution >= 0.6 is 0 Å². The van der Waals surface area contributed by atoms with E-state index in [1.165, 1.54) is 5.56 Å². The number of rotatable bonds is 5. The van der Waals surface area contributed by atoms with Crippen molar-refractivity contribution >= 4 is 0 Å². The van der Waals surface area contributed by atoms with E-state index >= 15 is 0 Å². The number of hydrogen-bond donors (Lipinski definition) is 1. The topological polar surface area (TPSA) is 51.0 Å². The van der Waals surface area contributed by atoms with Gasteiger partial charge in [0.1, 0.15) is 0 Å². The third-order valence-electron chi connectivity index (χ3n) is 3.98. The van der Waals surface area contributed by atoms with Crippen molar-refractivity contribution in [3.8, 4) is 0 Å². The van der Waals surface area contributed by atoms with Crippen molar-refractivity contribution in [3.63, 3.8) is 0 Å². The van der Waals surface area contributed by atoms with Crippen LogP contribution in [0.3, 0.4) is 0 Å². The van der Waals surface area contributed by atoms with Crippen LogP contribution in [-0.4, -0.2) is 17.2 Å². The van der Waals surface area contributed by atoms with Gasteiger partial charge in [0.15, 0.2) is 0 Å². The zero-order valence-corrected chi connectivity index (χ0v) is 11.4. The van der Waals surface area contributed by atoms with E-state index in [2.05, 4.69) is 46.7 Å². The molecule has 1 aromatic carbocycles. The smallest absolute Gasteiger partial charge is 0.233 e. The van der Waals surface area contributed by atoms with Crippen LogP contribution in [0.25, 0.3) is 0 Å². The summed E-state index contributed by atoms with van der Waals surface area (Å²) in [7, 11) is 1.92. The number of aromatic nitrogens is 2. The molecule has 1 aromatic heterocycles. The molecule has 0 radical (unpaired) electrons. The molecule has 3 rings (SSSR count). The third-order valence-corrected chi connectivity index (χ3v) is 3.98. The molecule has 1 fully saturated rings. The first-order valence-corrected chi connectivity index (χ1v) is 6.87. The van der Waals surface area contributed by atoms with Gasteiger partial charge in [-0.25, -0.2) is 0 Å². The van der Waals surface area contributed by atoms with Crippen LogP contribution in [0, 0.1) is 0 Å². The van der Waals surface area contributed by atoms with Crippen LogP contribution in [-0.2, 0) is 5.41 Å². The van der Waals surface area contributed by atoms with Crippen molar-refractivity contribution in [1.29, 1.82) is 0 Å². The van der Waals surface area contributed by atoms with E-state index in [1.54, 1.807) is 0 Å². The van der Waals surface area contributed by atoms with Crippen LogP contribution in [0.5, 0.6) is 0 Å². The molecule has 0 amide bonds. The SMILES string of the molecule is CCC(NC)c1nnc(C2(c3ccccc3)CC2)o1. The molecule has 2 aromatic rings. The average molecular weight is 257 g/mol. The minimum absolute atomic E-state index is 0.0292. The predicted molar refractivity (Wildman–Crippen MR) is 72.8 cm³/mol. The lowest BCUT2D eigenvalue weighted by molar-refractivity contribution is 0.373. The Hall–Kier alpha value is -1.68. The second-order valence-electron chi connectivity index (χ2n) is 5.14. The predicted octanol–water partition coefficient (Wildman–Crippen LogP) is 2.82. The molecule has 1 aliphatic rings. The Bertz CT molecular complexity index is 542. The minimum atomic E-state index is -0.0292. The quantitative estimate of drug-likeness (QED) is 0.895. The lowest BCUT2D eigenvalue weighted by atomic mass is 9.96. The maximum absolute atomic E-state index is 5.92. The molecule has 0 spiro atoms. The third kappa shape index (κ3) is 2.06. The van der Waals surface area contributed by atoms with E-state index in [9.17, 15) is 0 Å². The van der Waals surface area contributed by atoms with Gasteiger partial charge in [-0.1, -0.05) is 37.3 Å². The fourth-order valence-corrected chi connectivity index (χ4v) is 2.58. The molecule has 0 aliphatic heterocycles. The summed E-state index contributed by atoms with van der Waals surface area (Å²) >= 11 is 0. The monoisotopic (exact) mass is 257 g/mol. The van der Waals surface area contributed by atoms with Crippen LogP contribution in [0.2, 0.25) is 0 Å². The summed E-state index contributed by atoms with van der Waals surface area (Å²) in [5.41, 5.74) is 1.25. The molecule has 4 heteroatoms. The maximum atomic E-state index is 5.92. The molecule has 4 nitrogen and oxygen atoms in total. The van der Waals surface area contributed by atoms with Crippen LogP contribution < -0.4 is 5.32 Å². The highest BCUT2D eigenvalue weighted by atomic mass is 16.4. The van der Waals surface area contributed by atoms with E-state index in [4.69, 9.17) is 4.42 Å². The summed E-state index contributed by atoms with van der Waals surface area (Å²) in [5.74, 6) is 1.46. The molecule has 1 heterocycles. The van der Waals surface area contributed by atoms with Crippen LogP contribution in [0.15, 0.2) is 34.7 Å². The average Bonchev–Trinajstić information content (AvgIpc) is 3.14. The molecule has 1 saturated carbocycles. The number of benzene rings is 1. The summed E-state index contributed by atoms with van der Waals surface area (Å²) in [6.45, 7) is 2.11. The Morgan fingerprint density at radius 3 is 2.58 bits per heavy atom. The zero-order chi connectivity index (χ0) is 13.3. The summed E-state index contributed by atoms with van der Waals surface area (Å²) in [5, 5.41) is 11.7. The lowest BCUT2D eigenvalue weighted by Crippen LogP contribution is -2.15. The first-order chi connectivity index (χ1) is 9.30. The molecule has 100 valence electrons. The molecule has 0 saturated heterocycles. The van der Waals surface area contributed by atoms with E-state index in [0.29, 0.717) is 5.89 Å². The largest absolute Gasteiger partial charge is 0.423 e. The fraction of sp³-hybridized carbons (Fsp3) is 0.467. The van der Waals surface area contributed by atoms with E-state index in [1.807, 2.05) is 13.1 Å². The van der Waals surface area contributed by atoms with Gasteiger partial charge in [-0.3, -0.25) is 0 Å². The van der Waals surface area contributed by atoms with Gasteiger partial charge in [0.25, 0.3) is 0 Å². The highest BCUT2D eigenvalue weighted by Gasteiger charge is 2.50. The maximum Gasteiger partial charge on any atom is 0.233 e. The van der Waals surface area contributed by atoms with E-state index in [-0.39, 0.29) is 11.5 Å².